The summed E-state index contributed by atoms with van der Waals surface area (Å²) in [6.07, 6.45) is 0. The van der Waals surface area contributed by atoms with Gasteiger partial charge in [-0.25, -0.2) is 0 Å². The third-order valence-corrected chi connectivity index (χ3v) is 1.51. The molecule has 1 rings (SSSR count). The van der Waals surface area contributed by atoms with Crippen LogP contribution in [0.25, 0.3) is 4.98 Å². The summed E-state index contributed by atoms with van der Waals surface area (Å²) in [6, 6.07) is 5.17. The second-order valence-electron chi connectivity index (χ2n) is 2.13. The third-order valence-electron chi connectivity index (χ3n) is 1.28. The van der Waals surface area contributed by atoms with Gasteiger partial charge in [0.2, 0.25) is 5.39 Å². The van der Waals surface area contributed by atoms with Crippen LogP contribution in [0.1, 0.15) is 5.56 Å². The number of aryl methyl sites for hydroxylation is 1. The molecule has 0 saturated heterocycles. The Morgan fingerprint density at radius 3 is 2.21 bits per heavy atom. The van der Waals surface area contributed by atoms with E-state index in [4.69, 9.17) is 36.4 Å². The van der Waals surface area contributed by atoms with Gasteiger partial charge in [0.05, 0.1) is 6.07 Å². The molecule has 0 bridgehead atoms. The number of nitrogens with zero attached hydrogens (tertiary/aromatic N) is 2. The van der Waals surface area contributed by atoms with Crippen molar-refractivity contribution < 1.29 is 27.6 Å². The van der Waals surface area contributed by atoms with Gasteiger partial charge in [-0.3, -0.25) is 0 Å². The summed E-state index contributed by atoms with van der Waals surface area (Å²) in [7, 11) is 9.90. The Morgan fingerprint density at radius 1 is 1.36 bits per heavy atom. The summed E-state index contributed by atoms with van der Waals surface area (Å²) >= 11 is 4.69. The molecule has 0 spiro atoms. The normalized spacial score (nSPS) is 7.07. The molecule has 1 aromatic carbocycles. The van der Waals surface area contributed by atoms with E-state index in [1.807, 2.05) is 6.92 Å². The first kappa shape index (κ1) is 16.8. The van der Waals surface area contributed by atoms with Crippen LogP contribution in [-0.4, -0.2) is 0 Å². The standard InChI is InChI=1S/C7H6ClN2.3ClH.Zn/c1-5-2-3-6(8)4-7(5)10-9;;;;/h2-4H,1H3;3*1H;/q+1;;;;+2/p-3. The van der Waals surface area contributed by atoms with Crippen molar-refractivity contribution in [1.29, 1.82) is 5.39 Å². The second kappa shape index (κ2) is 9.96. The average Bonchev–Trinajstić information content (AvgIpc) is 2.10. The van der Waals surface area contributed by atoms with E-state index in [-0.39, 0.29) is 12.4 Å². The van der Waals surface area contributed by atoms with Crippen molar-refractivity contribution in [3.05, 3.63) is 33.8 Å². The maximum atomic E-state index is 8.41. The van der Waals surface area contributed by atoms with Crippen molar-refractivity contribution in [1.82, 2.24) is 0 Å². The fourth-order valence-electron chi connectivity index (χ4n) is 0.690. The molecule has 0 unspecified atom stereocenters. The maximum absolute atomic E-state index is 8.41. The molecule has 7 heteroatoms. The molecule has 0 aromatic heterocycles. The fourth-order valence-corrected chi connectivity index (χ4v) is 0.857. The van der Waals surface area contributed by atoms with E-state index in [2.05, 4.69) is 4.98 Å². The number of benzene rings is 1. The van der Waals surface area contributed by atoms with E-state index < -0.39 is 15.1 Å². The van der Waals surface area contributed by atoms with Crippen molar-refractivity contribution in [3.8, 4) is 0 Å². The van der Waals surface area contributed by atoms with Crippen LogP contribution in [0.4, 0.5) is 5.69 Å². The SMILES string of the molecule is Cc1ccc(Cl)cc1[N+]#N.[Cl-].[Cl][Zn][Cl]. The zero-order valence-electron chi connectivity index (χ0n) is 7.35. The van der Waals surface area contributed by atoms with Crippen LogP contribution in [0.3, 0.4) is 0 Å². The van der Waals surface area contributed by atoms with Crippen molar-refractivity contribution in [2.75, 3.05) is 0 Å². The number of halogens is 4. The number of rotatable bonds is 0. The van der Waals surface area contributed by atoms with Gasteiger partial charge in [-0.1, -0.05) is 11.6 Å². The Balaban J connectivity index is 0. The molecule has 0 fully saturated rings. The molecule has 0 saturated carbocycles. The first-order valence-corrected chi connectivity index (χ1v) is 11.6. The zero-order valence-corrected chi connectivity index (χ0v) is 13.3. The van der Waals surface area contributed by atoms with Gasteiger partial charge in [0, 0.05) is 10.6 Å². The molecule has 0 aliphatic carbocycles. The van der Waals surface area contributed by atoms with Crippen LogP contribution >= 0.6 is 31.0 Å². The number of hydrogen-bond acceptors (Lipinski definition) is 1. The molecule has 0 radical (unpaired) electrons. The Labute approximate surface area is 110 Å². The third kappa shape index (κ3) is 6.82. The van der Waals surface area contributed by atoms with E-state index in [9.17, 15) is 0 Å². The van der Waals surface area contributed by atoms with Gasteiger partial charge < -0.3 is 12.4 Å². The summed E-state index contributed by atoms with van der Waals surface area (Å²) < 4.78 is 0. The average molecular weight is 325 g/mol. The van der Waals surface area contributed by atoms with Crippen molar-refractivity contribution in [3.63, 3.8) is 0 Å². The van der Waals surface area contributed by atoms with Crippen molar-refractivity contribution in [2.45, 2.75) is 6.92 Å². The van der Waals surface area contributed by atoms with Gasteiger partial charge in [-0.15, -0.1) is 0 Å². The van der Waals surface area contributed by atoms with Crippen LogP contribution < -0.4 is 12.4 Å². The molecular formula is C7H6Cl4N2Zn. The van der Waals surface area contributed by atoms with Gasteiger partial charge in [0.25, 0.3) is 0 Å². The molecule has 1 aromatic rings. The molecule has 74 valence electrons. The second-order valence-corrected chi connectivity index (χ2v) is 7.19. The molecular weight excluding hydrogens is 319 g/mol. The molecule has 14 heavy (non-hydrogen) atoms. The zero-order chi connectivity index (χ0) is 10.3. The molecule has 0 atom stereocenters. The fraction of sp³-hybridized carbons (Fsp3) is 0.143. The monoisotopic (exact) mass is 322 g/mol. The molecule has 0 heterocycles. The van der Waals surface area contributed by atoms with Gasteiger partial charge >= 0.3 is 40.2 Å². The van der Waals surface area contributed by atoms with Crippen LogP contribution in [-0.2, 0) is 15.1 Å². The molecule has 0 aliphatic rings. The summed E-state index contributed by atoms with van der Waals surface area (Å²) in [4.78, 5) is 3.05. The Kier molecular flexibility index (Phi) is 12.0. The molecule has 2 nitrogen and oxygen atoms in total. The summed E-state index contributed by atoms with van der Waals surface area (Å²) in [6.45, 7) is 1.85. The van der Waals surface area contributed by atoms with E-state index in [0.717, 1.165) is 5.56 Å². The van der Waals surface area contributed by atoms with Gasteiger partial charge in [0.1, 0.15) is 0 Å². The predicted molar refractivity (Wildman–Crippen MR) is 52.6 cm³/mol. The summed E-state index contributed by atoms with van der Waals surface area (Å²) in [5.74, 6) is 0. The Bertz CT molecular complexity index is 313. The van der Waals surface area contributed by atoms with Crippen LogP contribution in [0.5, 0.6) is 0 Å². The van der Waals surface area contributed by atoms with Crippen LogP contribution in [0, 0.1) is 12.3 Å². The summed E-state index contributed by atoms with van der Waals surface area (Å²) in [5.41, 5.74) is 1.43. The number of diazo groups is 1. The van der Waals surface area contributed by atoms with Gasteiger partial charge in [-0.05, 0) is 19.1 Å². The Morgan fingerprint density at radius 2 is 1.86 bits per heavy atom. The summed E-state index contributed by atoms with van der Waals surface area (Å²) in [5, 5.41) is 8.99. The van der Waals surface area contributed by atoms with E-state index >= 15 is 0 Å². The first-order valence-electron chi connectivity index (χ1n) is 3.39. The van der Waals surface area contributed by atoms with Crippen LogP contribution in [0.15, 0.2) is 18.2 Å². The van der Waals surface area contributed by atoms with E-state index in [1.165, 1.54) is 0 Å². The Hall–Kier alpha value is 0.423. The quantitative estimate of drug-likeness (QED) is 0.525. The van der Waals surface area contributed by atoms with E-state index in [0.29, 0.717) is 10.7 Å². The predicted octanol–water partition coefficient (Wildman–Crippen LogP) is 1.51. The van der Waals surface area contributed by atoms with Crippen LogP contribution in [0.2, 0.25) is 5.02 Å². The molecule has 0 N–H and O–H groups in total. The van der Waals surface area contributed by atoms with Crippen molar-refractivity contribution >= 4 is 36.7 Å². The minimum atomic E-state index is -0.931. The first-order chi connectivity index (χ1) is 6.15. The van der Waals surface area contributed by atoms with Gasteiger partial charge in [0.15, 0.2) is 4.98 Å². The van der Waals surface area contributed by atoms with Gasteiger partial charge in [-0.2, -0.15) is 0 Å². The molecule has 0 aliphatic heterocycles. The number of hydrogen-bond donors (Lipinski definition) is 0. The van der Waals surface area contributed by atoms with E-state index in [1.54, 1.807) is 18.2 Å². The minimum absolute atomic E-state index is 0. The molecule has 0 amide bonds. The topological polar surface area (TPSA) is 28.1 Å². The van der Waals surface area contributed by atoms with Crippen molar-refractivity contribution in [2.24, 2.45) is 0 Å².